The molecular weight excluding hydrogens is 418 g/mol. The van der Waals surface area contributed by atoms with Crippen molar-refractivity contribution in [1.29, 1.82) is 0 Å². The molecule has 0 unspecified atom stereocenters. The number of benzene rings is 1. The van der Waals surface area contributed by atoms with E-state index in [4.69, 9.17) is 31.0 Å². The predicted octanol–water partition coefficient (Wildman–Crippen LogP) is 3.93. The van der Waals surface area contributed by atoms with Crippen LogP contribution in [0.5, 0.6) is 0 Å². The summed E-state index contributed by atoms with van der Waals surface area (Å²) in [6.07, 6.45) is 1.38. The van der Waals surface area contributed by atoms with E-state index in [2.05, 4.69) is 10.2 Å². The summed E-state index contributed by atoms with van der Waals surface area (Å²) in [4.78, 5) is 25.9. The maximum atomic E-state index is 12.3. The molecule has 1 aromatic carbocycles. The first kappa shape index (κ1) is 21.9. The molecule has 168 valence electrons. The lowest BCUT2D eigenvalue weighted by Gasteiger charge is -2.34. The van der Waals surface area contributed by atoms with Gasteiger partial charge in [0.1, 0.15) is 11.4 Å². The molecule has 0 aliphatic carbocycles. The van der Waals surface area contributed by atoms with Gasteiger partial charge in [-0.15, -0.1) is 0 Å². The van der Waals surface area contributed by atoms with Crippen LogP contribution >= 0.6 is 11.6 Å². The van der Waals surface area contributed by atoms with Gasteiger partial charge >= 0.3 is 6.09 Å². The number of piperidine rings is 1. The van der Waals surface area contributed by atoms with Crippen LogP contribution in [0.3, 0.4) is 0 Å². The number of rotatable bonds is 3. The Hall–Kier alpha value is -2.32. The summed E-state index contributed by atoms with van der Waals surface area (Å²) in [5.74, 6) is 1.48. The minimum atomic E-state index is -0.482. The third-order valence-corrected chi connectivity index (χ3v) is 5.66. The number of amides is 1. The van der Waals surface area contributed by atoms with E-state index in [1.165, 1.54) is 0 Å². The molecule has 2 aliphatic rings. The first-order valence-corrected chi connectivity index (χ1v) is 11.2. The number of carbonyl (C=O) groups excluding carboxylic acids is 1. The lowest BCUT2D eigenvalue weighted by atomic mass is 10.1. The number of anilines is 2. The number of hydrogen-bond donors (Lipinski definition) is 1. The molecule has 2 saturated heterocycles. The molecule has 8 nitrogen and oxygen atoms in total. The number of halogens is 1. The molecule has 0 saturated carbocycles. The van der Waals surface area contributed by atoms with Crippen LogP contribution in [0.25, 0.3) is 10.9 Å². The lowest BCUT2D eigenvalue weighted by Crippen LogP contribution is -2.44. The molecule has 0 spiro atoms. The van der Waals surface area contributed by atoms with Crippen LogP contribution in [0.15, 0.2) is 18.2 Å². The topological polar surface area (TPSA) is 79.8 Å². The van der Waals surface area contributed by atoms with Crippen molar-refractivity contribution in [2.24, 2.45) is 0 Å². The number of ether oxygens (including phenoxy) is 2. The number of hydrogen-bond acceptors (Lipinski definition) is 7. The number of likely N-dealkylation sites (tertiary alicyclic amines) is 1. The van der Waals surface area contributed by atoms with Gasteiger partial charge in [0.2, 0.25) is 5.95 Å². The van der Waals surface area contributed by atoms with E-state index >= 15 is 0 Å². The summed E-state index contributed by atoms with van der Waals surface area (Å²) < 4.78 is 11.0. The zero-order valence-corrected chi connectivity index (χ0v) is 19.1. The number of fused-ring (bicyclic) bond motifs is 1. The van der Waals surface area contributed by atoms with E-state index in [9.17, 15) is 4.79 Å². The number of aromatic nitrogens is 2. The molecule has 4 rings (SSSR count). The zero-order valence-electron chi connectivity index (χ0n) is 18.4. The van der Waals surface area contributed by atoms with E-state index in [1.807, 2.05) is 39.0 Å². The third-order valence-electron chi connectivity index (χ3n) is 5.43. The first-order valence-electron chi connectivity index (χ1n) is 10.8. The van der Waals surface area contributed by atoms with Gasteiger partial charge in [0, 0.05) is 42.6 Å². The largest absolute Gasteiger partial charge is 0.444 e. The quantitative estimate of drug-likeness (QED) is 0.763. The number of nitrogens with one attached hydrogen (secondary N) is 1. The van der Waals surface area contributed by atoms with E-state index in [0.717, 1.165) is 42.7 Å². The molecule has 0 bridgehead atoms. The normalized spacial score (nSPS) is 18.3. The number of nitrogens with zero attached hydrogens (tertiary/aromatic N) is 4. The fourth-order valence-electron chi connectivity index (χ4n) is 3.88. The Bertz CT molecular complexity index is 935. The van der Waals surface area contributed by atoms with Crippen molar-refractivity contribution < 1.29 is 14.3 Å². The van der Waals surface area contributed by atoms with Gasteiger partial charge in [0.15, 0.2) is 0 Å². The molecule has 1 amide bonds. The standard InChI is InChI=1S/C22H30ClN5O3/c1-22(2,3)31-21(29)28-8-6-16(7-9-28)24-20-25-18-5-4-15(23)14-17(18)19(26-20)27-10-12-30-13-11-27/h4-5,14,16H,6-13H2,1-3H3,(H,24,25,26). The van der Waals surface area contributed by atoms with E-state index < -0.39 is 5.60 Å². The summed E-state index contributed by atoms with van der Waals surface area (Å²) in [5.41, 5.74) is 0.374. The van der Waals surface area contributed by atoms with Crippen LogP contribution in [0, 0.1) is 0 Å². The van der Waals surface area contributed by atoms with Crippen LogP contribution in [0.2, 0.25) is 5.02 Å². The Morgan fingerprint density at radius 1 is 1.16 bits per heavy atom. The van der Waals surface area contributed by atoms with Gasteiger partial charge in [-0.3, -0.25) is 0 Å². The van der Waals surface area contributed by atoms with Crippen molar-refractivity contribution in [3.8, 4) is 0 Å². The molecule has 2 aliphatic heterocycles. The molecule has 1 N–H and O–H groups in total. The molecule has 0 radical (unpaired) electrons. The molecule has 3 heterocycles. The van der Waals surface area contributed by atoms with Crippen molar-refractivity contribution >= 4 is 40.4 Å². The maximum Gasteiger partial charge on any atom is 0.410 e. The molecule has 9 heteroatoms. The van der Waals surface area contributed by atoms with Gasteiger partial charge in [-0.1, -0.05) is 11.6 Å². The van der Waals surface area contributed by atoms with Crippen molar-refractivity contribution in [3.63, 3.8) is 0 Å². The van der Waals surface area contributed by atoms with E-state index in [1.54, 1.807) is 4.90 Å². The average Bonchev–Trinajstić information content (AvgIpc) is 2.73. The number of morpholine rings is 1. The smallest absolute Gasteiger partial charge is 0.410 e. The Kier molecular flexibility index (Phi) is 6.39. The monoisotopic (exact) mass is 447 g/mol. The van der Waals surface area contributed by atoms with Crippen molar-refractivity contribution in [2.45, 2.75) is 45.3 Å². The van der Waals surface area contributed by atoms with Crippen LogP contribution in [0.4, 0.5) is 16.6 Å². The highest BCUT2D eigenvalue weighted by atomic mass is 35.5. The summed E-state index contributed by atoms with van der Waals surface area (Å²) in [6, 6.07) is 5.90. The fourth-order valence-corrected chi connectivity index (χ4v) is 4.05. The van der Waals surface area contributed by atoms with Crippen molar-refractivity contribution in [3.05, 3.63) is 23.2 Å². The molecule has 0 atom stereocenters. The molecular formula is C22H30ClN5O3. The highest BCUT2D eigenvalue weighted by Crippen LogP contribution is 2.29. The van der Waals surface area contributed by atoms with Crippen molar-refractivity contribution in [2.75, 3.05) is 49.6 Å². The minimum Gasteiger partial charge on any atom is -0.444 e. The summed E-state index contributed by atoms with van der Waals surface area (Å²) in [7, 11) is 0. The molecule has 2 fully saturated rings. The summed E-state index contributed by atoms with van der Waals surface area (Å²) in [5, 5.41) is 5.09. The van der Waals surface area contributed by atoms with Crippen LogP contribution in [0.1, 0.15) is 33.6 Å². The van der Waals surface area contributed by atoms with Gasteiger partial charge < -0.3 is 24.6 Å². The summed E-state index contributed by atoms with van der Waals surface area (Å²) >= 11 is 6.25. The second kappa shape index (κ2) is 9.04. The Balaban J connectivity index is 1.48. The Morgan fingerprint density at radius 2 is 1.87 bits per heavy atom. The second-order valence-electron chi connectivity index (χ2n) is 9.02. The number of carbonyl (C=O) groups is 1. The molecule has 31 heavy (non-hydrogen) atoms. The third kappa shape index (κ3) is 5.49. The second-order valence-corrected chi connectivity index (χ2v) is 9.45. The first-order chi connectivity index (χ1) is 14.8. The zero-order chi connectivity index (χ0) is 22.0. The summed E-state index contributed by atoms with van der Waals surface area (Å²) in [6.45, 7) is 9.87. The molecule has 1 aromatic heterocycles. The molecule has 2 aromatic rings. The lowest BCUT2D eigenvalue weighted by molar-refractivity contribution is 0.0210. The van der Waals surface area contributed by atoms with E-state index in [0.29, 0.717) is 37.3 Å². The predicted molar refractivity (Wildman–Crippen MR) is 122 cm³/mol. The average molecular weight is 448 g/mol. The van der Waals surface area contributed by atoms with Crippen LogP contribution < -0.4 is 10.2 Å². The van der Waals surface area contributed by atoms with Gasteiger partial charge in [-0.2, -0.15) is 4.98 Å². The van der Waals surface area contributed by atoms with Crippen LogP contribution in [-0.4, -0.2) is 72.0 Å². The SMILES string of the molecule is CC(C)(C)OC(=O)N1CCC(Nc2nc(N3CCOCC3)c3cc(Cl)ccc3n2)CC1. The fraction of sp³-hybridized carbons (Fsp3) is 0.591. The maximum absolute atomic E-state index is 12.3. The minimum absolute atomic E-state index is 0.195. The highest BCUT2D eigenvalue weighted by Gasteiger charge is 2.27. The van der Waals surface area contributed by atoms with Crippen LogP contribution in [-0.2, 0) is 9.47 Å². The van der Waals surface area contributed by atoms with Crippen molar-refractivity contribution in [1.82, 2.24) is 14.9 Å². The highest BCUT2D eigenvalue weighted by molar-refractivity contribution is 6.31. The van der Waals surface area contributed by atoms with Gasteiger partial charge in [0.25, 0.3) is 0 Å². The van der Waals surface area contributed by atoms with Gasteiger partial charge in [-0.05, 0) is 51.8 Å². The van der Waals surface area contributed by atoms with E-state index in [-0.39, 0.29) is 12.1 Å². The Morgan fingerprint density at radius 3 is 2.55 bits per heavy atom. The van der Waals surface area contributed by atoms with Gasteiger partial charge in [-0.25, -0.2) is 9.78 Å². The van der Waals surface area contributed by atoms with Gasteiger partial charge in [0.05, 0.1) is 18.7 Å². The Labute approximate surface area is 187 Å².